The van der Waals surface area contributed by atoms with E-state index >= 15 is 0 Å². The number of nitrogens with one attached hydrogen (secondary N) is 1. The standard InChI is InChI=1S/C14H10N4O3/c19-11-4-2-6-16-13(11)17-14(20)10-7-12(21-18-10)9-3-1-5-15-8-9/h1-8,19H,(H,16,17,20). The van der Waals surface area contributed by atoms with Crippen LogP contribution in [0.2, 0.25) is 0 Å². The van der Waals surface area contributed by atoms with Gasteiger partial charge in [0.1, 0.15) is 0 Å². The molecule has 0 bridgehead atoms. The van der Waals surface area contributed by atoms with Crippen LogP contribution in [0.5, 0.6) is 5.75 Å². The van der Waals surface area contributed by atoms with Gasteiger partial charge >= 0.3 is 0 Å². The highest BCUT2D eigenvalue weighted by Gasteiger charge is 2.15. The summed E-state index contributed by atoms with van der Waals surface area (Å²) >= 11 is 0. The third kappa shape index (κ3) is 2.71. The summed E-state index contributed by atoms with van der Waals surface area (Å²) in [5.74, 6) is -0.156. The zero-order valence-electron chi connectivity index (χ0n) is 10.7. The number of rotatable bonds is 3. The molecule has 104 valence electrons. The lowest BCUT2D eigenvalue weighted by Crippen LogP contribution is -2.13. The number of anilines is 1. The van der Waals surface area contributed by atoms with Crippen LogP contribution in [0.15, 0.2) is 53.4 Å². The molecule has 0 aliphatic heterocycles. The molecule has 0 spiro atoms. The van der Waals surface area contributed by atoms with Crippen LogP contribution in [0.1, 0.15) is 10.5 Å². The summed E-state index contributed by atoms with van der Waals surface area (Å²) in [4.78, 5) is 19.8. The third-order valence-electron chi connectivity index (χ3n) is 2.71. The van der Waals surface area contributed by atoms with Crippen molar-refractivity contribution >= 4 is 11.7 Å². The van der Waals surface area contributed by atoms with Gasteiger partial charge in [-0.3, -0.25) is 9.78 Å². The lowest BCUT2D eigenvalue weighted by molar-refractivity contribution is 0.101. The van der Waals surface area contributed by atoms with Crippen molar-refractivity contribution in [3.8, 4) is 17.1 Å². The molecule has 0 aliphatic rings. The Labute approximate surface area is 119 Å². The Morgan fingerprint density at radius 1 is 1.24 bits per heavy atom. The Kier molecular flexibility index (Phi) is 3.30. The van der Waals surface area contributed by atoms with Crippen molar-refractivity contribution in [1.29, 1.82) is 0 Å². The van der Waals surface area contributed by atoms with Crippen molar-refractivity contribution in [3.63, 3.8) is 0 Å². The lowest BCUT2D eigenvalue weighted by atomic mass is 10.2. The zero-order valence-corrected chi connectivity index (χ0v) is 10.7. The molecule has 3 rings (SSSR count). The second-order valence-corrected chi connectivity index (χ2v) is 4.14. The number of hydrogen-bond donors (Lipinski definition) is 2. The SMILES string of the molecule is O=C(Nc1ncccc1O)c1cc(-c2cccnc2)on1. The van der Waals surface area contributed by atoms with Gasteiger partial charge in [-0.25, -0.2) is 4.98 Å². The third-order valence-corrected chi connectivity index (χ3v) is 2.71. The van der Waals surface area contributed by atoms with E-state index in [1.165, 1.54) is 18.3 Å². The highest BCUT2D eigenvalue weighted by atomic mass is 16.5. The summed E-state index contributed by atoms with van der Waals surface area (Å²) in [6.45, 7) is 0. The number of aromatic hydroxyl groups is 1. The van der Waals surface area contributed by atoms with Gasteiger partial charge in [-0.15, -0.1) is 0 Å². The van der Waals surface area contributed by atoms with Gasteiger partial charge in [0.05, 0.1) is 0 Å². The molecule has 0 saturated carbocycles. The van der Waals surface area contributed by atoms with E-state index in [4.69, 9.17) is 4.52 Å². The minimum Gasteiger partial charge on any atom is -0.504 e. The molecule has 0 aromatic carbocycles. The minimum absolute atomic E-state index is 0.0634. The molecule has 7 heteroatoms. The summed E-state index contributed by atoms with van der Waals surface area (Å²) in [5.41, 5.74) is 0.795. The highest BCUT2D eigenvalue weighted by molar-refractivity contribution is 6.03. The Bertz CT molecular complexity index is 771. The molecule has 3 heterocycles. The summed E-state index contributed by atoms with van der Waals surface area (Å²) in [6.07, 6.45) is 4.70. The van der Waals surface area contributed by atoms with E-state index in [-0.39, 0.29) is 17.3 Å². The fourth-order valence-corrected chi connectivity index (χ4v) is 1.69. The van der Waals surface area contributed by atoms with E-state index in [2.05, 4.69) is 20.4 Å². The molecule has 0 atom stereocenters. The Morgan fingerprint density at radius 3 is 2.86 bits per heavy atom. The molecule has 0 radical (unpaired) electrons. The maximum absolute atomic E-state index is 12.0. The summed E-state index contributed by atoms with van der Waals surface area (Å²) in [6, 6.07) is 8.02. The number of pyridine rings is 2. The van der Waals surface area contributed by atoms with Crippen molar-refractivity contribution in [2.24, 2.45) is 0 Å². The van der Waals surface area contributed by atoms with Gasteiger partial charge in [-0.2, -0.15) is 0 Å². The monoisotopic (exact) mass is 282 g/mol. The van der Waals surface area contributed by atoms with E-state index in [1.807, 2.05) is 0 Å². The van der Waals surface area contributed by atoms with Crippen molar-refractivity contribution in [3.05, 3.63) is 54.6 Å². The fraction of sp³-hybridized carbons (Fsp3) is 0. The van der Waals surface area contributed by atoms with Crippen molar-refractivity contribution in [2.75, 3.05) is 5.32 Å². The van der Waals surface area contributed by atoms with E-state index in [9.17, 15) is 9.90 Å². The molecular weight excluding hydrogens is 272 g/mol. The van der Waals surface area contributed by atoms with Gasteiger partial charge < -0.3 is 14.9 Å². The van der Waals surface area contributed by atoms with E-state index in [0.29, 0.717) is 11.3 Å². The molecular formula is C14H10N4O3. The quantitative estimate of drug-likeness (QED) is 0.762. The number of hydrogen-bond acceptors (Lipinski definition) is 6. The molecule has 2 N–H and O–H groups in total. The molecule has 1 amide bonds. The fourth-order valence-electron chi connectivity index (χ4n) is 1.69. The zero-order chi connectivity index (χ0) is 14.7. The molecule has 0 saturated heterocycles. The molecule has 21 heavy (non-hydrogen) atoms. The topological polar surface area (TPSA) is 101 Å². The van der Waals surface area contributed by atoms with Gasteiger partial charge in [-0.1, -0.05) is 5.16 Å². The van der Waals surface area contributed by atoms with Crippen LogP contribution in [-0.4, -0.2) is 26.1 Å². The van der Waals surface area contributed by atoms with Gasteiger partial charge in [0.15, 0.2) is 23.0 Å². The molecule has 0 unspecified atom stereocenters. The predicted octanol–water partition coefficient (Wildman–Crippen LogP) is 2.09. The summed E-state index contributed by atoms with van der Waals surface area (Å²) < 4.78 is 5.11. The first-order valence-corrected chi connectivity index (χ1v) is 6.06. The van der Waals surface area contributed by atoms with Crippen LogP contribution in [0.25, 0.3) is 11.3 Å². The number of amides is 1. The van der Waals surface area contributed by atoms with Crippen LogP contribution >= 0.6 is 0 Å². The van der Waals surface area contributed by atoms with Crippen LogP contribution in [-0.2, 0) is 0 Å². The van der Waals surface area contributed by atoms with Crippen molar-refractivity contribution in [1.82, 2.24) is 15.1 Å². The molecule has 0 aliphatic carbocycles. The maximum Gasteiger partial charge on any atom is 0.279 e. The van der Waals surface area contributed by atoms with Gasteiger partial charge in [0, 0.05) is 30.2 Å². The minimum atomic E-state index is -0.525. The Balaban J connectivity index is 1.80. The number of carbonyl (C=O) groups excluding carboxylic acids is 1. The lowest BCUT2D eigenvalue weighted by Gasteiger charge is -2.02. The first-order chi connectivity index (χ1) is 10.2. The largest absolute Gasteiger partial charge is 0.504 e. The molecule has 7 nitrogen and oxygen atoms in total. The van der Waals surface area contributed by atoms with E-state index < -0.39 is 5.91 Å². The predicted molar refractivity (Wildman–Crippen MR) is 73.6 cm³/mol. The van der Waals surface area contributed by atoms with Crippen LogP contribution < -0.4 is 5.32 Å². The smallest absolute Gasteiger partial charge is 0.279 e. The van der Waals surface area contributed by atoms with Crippen LogP contribution in [0, 0.1) is 0 Å². The average Bonchev–Trinajstić information content (AvgIpc) is 3.00. The highest BCUT2D eigenvalue weighted by Crippen LogP contribution is 2.21. The van der Waals surface area contributed by atoms with Gasteiger partial charge in [0.2, 0.25) is 0 Å². The molecule has 0 fully saturated rings. The van der Waals surface area contributed by atoms with Crippen LogP contribution in [0.3, 0.4) is 0 Å². The van der Waals surface area contributed by atoms with Crippen molar-refractivity contribution < 1.29 is 14.4 Å². The molecule has 3 aromatic heterocycles. The second-order valence-electron chi connectivity index (χ2n) is 4.14. The van der Waals surface area contributed by atoms with Crippen molar-refractivity contribution in [2.45, 2.75) is 0 Å². The normalized spacial score (nSPS) is 10.3. The number of carbonyl (C=O) groups is 1. The first-order valence-electron chi connectivity index (χ1n) is 6.06. The summed E-state index contributed by atoms with van der Waals surface area (Å²) in [5, 5.41) is 15.7. The van der Waals surface area contributed by atoms with Crippen LogP contribution in [0.4, 0.5) is 5.82 Å². The number of aromatic nitrogens is 3. The number of nitrogens with zero attached hydrogens (tertiary/aromatic N) is 3. The summed E-state index contributed by atoms with van der Waals surface area (Å²) in [7, 11) is 0. The van der Waals surface area contributed by atoms with Gasteiger partial charge in [-0.05, 0) is 24.3 Å². The average molecular weight is 282 g/mol. The van der Waals surface area contributed by atoms with Gasteiger partial charge in [0.25, 0.3) is 5.91 Å². The van der Waals surface area contributed by atoms with E-state index in [0.717, 1.165) is 0 Å². The first kappa shape index (κ1) is 12.8. The second kappa shape index (κ2) is 5.41. The maximum atomic E-state index is 12.0. The Hall–Kier alpha value is -3.22. The molecule has 3 aromatic rings. The van der Waals surface area contributed by atoms with E-state index in [1.54, 1.807) is 30.6 Å². The Morgan fingerprint density at radius 2 is 2.10 bits per heavy atom.